The highest BCUT2D eigenvalue weighted by molar-refractivity contribution is 5.98. The van der Waals surface area contributed by atoms with E-state index in [4.69, 9.17) is 14.2 Å². The minimum absolute atomic E-state index is 0.118. The van der Waals surface area contributed by atoms with Crippen molar-refractivity contribution in [2.75, 3.05) is 6.61 Å². The second-order valence-electron chi connectivity index (χ2n) is 6.63. The molecule has 0 saturated carbocycles. The third kappa shape index (κ3) is 9.05. The molecule has 0 bridgehead atoms. The molecule has 0 rings (SSSR count). The van der Waals surface area contributed by atoms with Crippen LogP contribution in [-0.2, 0) is 28.6 Å². The fourth-order valence-corrected chi connectivity index (χ4v) is 1.43. The molecule has 0 aliphatic carbocycles. The summed E-state index contributed by atoms with van der Waals surface area (Å²) in [4.78, 5) is 35.7. The van der Waals surface area contributed by atoms with Crippen molar-refractivity contribution in [3.05, 3.63) is 0 Å². The molecular weight excluding hydrogens is 276 g/mol. The molecule has 122 valence electrons. The van der Waals surface area contributed by atoms with Crippen LogP contribution in [0.5, 0.6) is 0 Å². The van der Waals surface area contributed by atoms with E-state index >= 15 is 0 Å². The molecule has 6 heteroatoms. The van der Waals surface area contributed by atoms with E-state index < -0.39 is 41.4 Å². The normalized spacial score (nSPS) is 13.3. The van der Waals surface area contributed by atoms with Crippen molar-refractivity contribution in [1.82, 2.24) is 0 Å². The topological polar surface area (TPSA) is 78.9 Å². The van der Waals surface area contributed by atoms with Crippen LogP contribution in [0.15, 0.2) is 0 Å². The minimum Gasteiger partial charge on any atom is -0.465 e. The quantitative estimate of drug-likeness (QED) is 0.440. The molecule has 0 radical (unpaired) electrons. The van der Waals surface area contributed by atoms with Crippen molar-refractivity contribution < 1.29 is 28.6 Å². The first kappa shape index (κ1) is 19.4. The number of hydrogen-bond acceptors (Lipinski definition) is 6. The number of carbonyl (C=O) groups is 3. The molecule has 0 aromatic carbocycles. The zero-order valence-corrected chi connectivity index (χ0v) is 13.9. The van der Waals surface area contributed by atoms with Crippen LogP contribution in [0.2, 0.25) is 0 Å². The predicted molar refractivity (Wildman–Crippen MR) is 76.4 cm³/mol. The van der Waals surface area contributed by atoms with E-state index in [1.54, 1.807) is 48.5 Å². The highest BCUT2D eigenvalue weighted by Gasteiger charge is 2.35. The molecule has 0 amide bonds. The molecule has 6 nitrogen and oxygen atoms in total. The highest BCUT2D eigenvalue weighted by atomic mass is 16.6. The van der Waals surface area contributed by atoms with Gasteiger partial charge in [-0.3, -0.25) is 14.4 Å². The number of hydrogen-bond donors (Lipinski definition) is 0. The van der Waals surface area contributed by atoms with Crippen molar-refractivity contribution in [3.8, 4) is 0 Å². The van der Waals surface area contributed by atoms with Gasteiger partial charge in [-0.1, -0.05) is 0 Å². The number of ether oxygens (including phenoxy) is 3. The van der Waals surface area contributed by atoms with Gasteiger partial charge in [-0.2, -0.15) is 0 Å². The van der Waals surface area contributed by atoms with Gasteiger partial charge in [0.15, 0.2) is 5.92 Å². The first-order valence-corrected chi connectivity index (χ1v) is 6.97. The van der Waals surface area contributed by atoms with Gasteiger partial charge in [-0.25, -0.2) is 0 Å². The van der Waals surface area contributed by atoms with E-state index in [2.05, 4.69) is 0 Å². The molecule has 0 heterocycles. The van der Waals surface area contributed by atoms with Crippen LogP contribution in [0.1, 0.15) is 54.9 Å². The monoisotopic (exact) mass is 302 g/mol. The minimum atomic E-state index is -1.31. The van der Waals surface area contributed by atoms with Crippen molar-refractivity contribution in [1.29, 1.82) is 0 Å². The Morgan fingerprint density at radius 2 is 1.33 bits per heavy atom. The van der Waals surface area contributed by atoms with Gasteiger partial charge in [0.1, 0.15) is 11.2 Å². The molecule has 0 fully saturated rings. The van der Waals surface area contributed by atoms with Gasteiger partial charge in [0, 0.05) is 0 Å². The van der Waals surface area contributed by atoms with Gasteiger partial charge in [-0.05, 0) is 48.5 Å². The molecular formula is C15H26O6. The van der Waals surface area contributed by atoms with E-state index in [9.17, 15) is 14.4 Å². The Hall–Kier alpha value is -1.59. The number of rotatable bonds is 5. The van der Waals surface area contributed by atoms with Gasteiger partial charge >= 0.3 is 17.9 Å². The summed E-state index contributed by atoms with van der Waals surface area (Å²) in [6, 6.07) is 0. The van der Waals surface area contributed by atoms with Gasteiger partial charge in [0.2, 0.25) is 0 Å². The fourth-order valence-electron chi connectivity index (χ4n) is 1.43. The summed E-state index contributed by atoms with van der Waals surface area (Å²) in [5.74, 6) is -3.52. The van der Waals surface area contributed by atoms with Crippen LogP contribution in [-0.4, -0.2) is 35.7 Å². The molecule has 0 spiro atoms. The molecule has 21 heavy (non-hydrogen) atoms. The maximum absolute atomic E-state index is 12.0. The van der Waals surface area contributed by atoms with E-state index in [0.29, 0.717) is 0 Å². The van der Waals surface area contributed by atoms with Gasteiger partial charge < -0.3 is 14.2 Å². The molecule has 0 saturated heterocycles. The zero-order valence-electron chi connectivity index (χ0n) is 13.9. The molecule has 1 atom stereocenters. The average Bonchev–Trinajstić information content (AvgIpc) is 2.20. The third-order valence-corrected chi connectivity index (χ3v) is 2.05. The molecule has 0 aromatic heterocycles. The lowest BCUT2D eigenvalue weighted by Crippen LogP contribution is -2.36. The van der Waals surface area contributed by atoms with Crippen LogP contribution in [0.25, 0.3) is 0 Å². The van der Waals surface area contributed by atoms with Gasteiger partial charge in [0.25, 0.3) is 0 Å². The van der Waals surface area contributed by atoms with Crippen LogP contribution in [0.3, 0.4) is 0 Å². The van der Waals surface area contributed by atoms with Crippen LogP contribution in [0, 0.1) is 5.92 Å². The summed E-state index contributed by atoms with van der Waals surface area (Å²) in [6.07, 6.45) is -0.398. The van der Waals surface area contributed by atoms with Crippen LogP contribution < -0.4 is 0 Å². The largest absolute Gasteiger partial charge is 0.465 e. The summed E-state index contributed by atoms with van der Waals surface area (Å²) in [5, 5.41) is 0. The lowest BCUT2D eigenvalue weighted by atomic mass is 10.0. The smallest absolute Gasteiger partial charge is 0.321 e. The average molecular weight is 302 g/mol. The Labute approximate surface area is 126 Å². The van der Waals surface area contributed by atoms with E-state index in [-0.39, 0.29) is 6.61 Å². The summed E-state index contributed by atoms with van der Waals surface area (Å²) in [7, 11) is 0. The molecule has 0 N–H and O–H groups in total. The Morgan fingerprint density at radius 1 is 0.857 bits per heavy atom. The molecule has 0 aromatic rings. The standard InChI is InChI=1S/C15H26O6/c1-8-19-12(17)10(13(18)21-15(5,6)7)9-11(16)20-14(2,3)4/h10H,8-9H2,1-7H3. The number of esters is 3. The Bertz CT molecular complexity index is 386. The van der Waals surface area contributed by atoms with Crippen molar-refractivity contribution >= 4 is 17.9 Å². The Kier molecular flexibility index (Phi) is 6.86. The van der Waals surface area contributed by atoms with Gasteiger partial charge in [0.05, 0.1) is 13.0 Å². The third-order valence-electron chi connectivity index (χ3n) is 2.05. The SMILES string of the molecule is CCOC(=O)C(CC(=O)OC(C)(C)C)C(=O)OC(C)(C)C. The maximum Gasteiger partial charge on any atom is 0.321 e. The van der Waals surface area contributed by atoms with E-state index in [1.807, 2.05) is 0 Å². The van der Waals surface area contributed by atoms with E-state index in [0.717, 1.165) is 0 Å². The van der Waals surface area contributed by atoms with Crippen molar-refractivity contribution in [2.24, 2.45) is 5.92 Å². The Morgan fingerprint density at radius 3 is 1.71 bits per heavy atom. The molecule has 0 aliphatic rings. The number of carbonyl (C=O) groups excluding carboxylic acids is 3. The maximum atomic E-state index is 12.0. The van der Waals surface area contributed by atoms with Crippen molar-refractivity contribution in [3.63, 3.8) is 0 Å². The zero-order chi connectivity index (χ0) is 16.8. The summed E-state index contributed by atoms with van der Waals surface area (Å²) in [6.45, 7) is 11.9. The second-order valence-corrected chi connectivity index (χ2v) is 6.63. The molecule has 0 aliphatic heterocycles. The lowest BCUT2D eigenvalue weighted by molar-refractivity contribution is -0.175. The van der Waals surface area contributed by atoms with Gasteiger partial charge in [-0.15, -0.1) is 0 Å². The fraction of sp³-hybridized carbons (Fsp3) is 0.800. The predicted octanol–water partition coefficient (Wildman–Crippen LogP) is 2.24. The van der Waals surface area contributed by atoms with Crippen LogP contribution >= 0.6 is 0 Å². The van der Waals surface area contributed by atoms with Crippen molar-refractivity contribution in [2.45, 2.75) is 66.1 Å². The summed E-state index contributed by atoms with van der Waals surface area (Å²) < 4.78 is 15.1. The lowest BCUT2D eigenvalue weighted by Gasteiger charge is -2.24. The Balaban J connectivity index is 4.95. The van der Waals surface area contributed by atoms with E-state index in [1.165, 1.54) is 0 Å². The first-order valence-electron chi connectivity index (χ1n) is 6.97. The second kappa shape index (κ2) is 7.43. The first-order chi connectivity index (χ1) is 9.35. The highest BCUT2D eigenvalue weighted by Crippen LogP contribution is 2.18. The summed E-state index contributed by atoms with van der Waals surface area (Å²) in [5.41, 5.74) is -1.44. The molecule has 1 unspecified atom stereocenters. The van der Waals surface area contributed by atoms with Crippen LogP contribution in [0.4, 0.5) is 0 Å². The summed E-state index contributed by atoms with van der Waals surface area (Å²) >= 11 is 0.